The number of ether oxygens (including phenoxy) is 3. The van der Waals surface area contributed by atoms with E-state index in [1.165, 1.54) is 5.56 Å². The van der Waals surface area contributed by atoms with Gasteiger partial charge in [-0.3, -0.25) is 14.5 Å². The van der Waals surface area contributed by atoms with Crippen LogP contribution < -0.4 is 9.47 Å². The van der Waals surface area contributed by atoms with Crippen LogP contribution >= 0.6 is 0 Å². The third-order valence-electron chi connectivity index (χ3n) is 8.11. The fraction of sp³-hybridized carbons (Fsp3) is 0.548. The molecule has 2 aliphatic heterocycles. The van der Waals surface area contributed by atoms with Crippen molar-refractivity contribution in [2.75, 3.05) is 46.5 Å². The maximum absolute atomic E-state index is 13.3. The highest BCUT2D eigenvalue weighted by Gasteiger charge is 2.42. The molecule has 0 bridgehead atoms. The quantitative estimate of drug-likeness (QED) is 0.525. The summed E-state index contributed by atoms with van der Waals surface area (Å²) in [6.45, 7) is 2.74. The number of nitrogens with zero attached hydrogens (tertiary/aromatic N) is 2. The number of piperidine rings is 1. The molecule has 2 atom stereocenters. The van der Waals surface area contributed by atoms with Gasteiger partial charge in [-0.15, -0.1) is 0 Å². The second-order valence-corrected chi connectivity index (χ2v) is 10.9. The molecule has 0 aliphatic carbocycles. The van der Waals surface area contributed by atoms with E-state index in [9.17, 15) is 19.8 Å². The van der Waals surface area contributed by atoms with Crippen LogP contribution in [0, 0.1) is 5.41 Å². The van der Waals surface area contributed by atoms with Gasteiger partial charge in [-0.1, -0.05) is 42.8 Å². The minimum atomic E-state index is -1.22. The molecule has 0 saturated carbocycles. The highest BCUT2D eigenvalue weighted by Crippen LogP contribution is 2.38. The summed E-state index contributed by atoms with van der Waals surface area (Å²) in [5.74, 6) is 0.680. The van der Waals surface area contributed by atoms with E-state index < -0.39 is 17.6 Å². The van der Waals surface area contributed by atoms with Crippen LogP contribution in [-0.2, 0) is 20.9 Å². The van der Waals surface area contributed by atoms with Crippen molar-refractivity contribution in [1.82, 2.24) is 9.80 Å². The van der Waals surface area contributed by atoms with Gasteiger partial charge < -0.3 is 29.3 Å². The Morgan fingerprint density at radius 2 is 1.70 bits per heavy atom. The summed E-state index contributed by atoms with van der Waals surface area (Å²) >= 11 is 0. The van der Waals surface area contributed by atoms with E-state index in [4.69, 9.17) is 14.2 Å². The second-order valence-electron chi connectivity index (χ2n) is 10.9. The number of carbonyl (C=O) groups excluding carboxylic acids is 2. The zero-order valence-corrected chi connectivity index (χ0v) is 23.4. The molecule has 0 radical (unpaired) electrons. The van der Waals surface area contributed by atoms with Crippen molar-refractivity contribution in [3.05, 3.63) is 60.2 Å². The van der Waals surface area contributed by atoms with Crippen molar-refractivity contribution in [3.8, 4) is 11.5 Å². The lowest BCUT2D eigenvalue weighted by atomic mass is 9.74. The number of carbonyl (C=O) groups is 2. The van der Waals surface area contributed by atoms with Gasteiger partial charge in [-0.05, 0) is 62.9 Å². The van der Waals surface area contributed by atoms with Crippen LogP contribution in [0.4, 0.5) is 0 Å². The number of cyclic esters (lactones) is 1. The maximum atomic E-state index is 13.3. The fourth-order valence-electron chi connectivity index (χ4n) is 5.50. The van der Waals surface area contributed by atoms with Crippen molar-refractivity contribution in [2.24, 2.45) is 5.41 Å². The SMILES string of the molecule is COc1cccc(OCC(=O)N2CCCCC3(CCN(Cc4ccccc4)CC3)C(=O)OC[C@@H](O)[C@@H](O)CC2)c1. The first-order chi connectivity index (χ1) is 19.4. The Morgan fingerprint density at radius 3 is 2.45 bits per heavy atom. The zero-order valence-electron chi connectivity index (χ0n) is 23.4. The Hall–Kier alpha value is -3.14. The molecular formula is C31H42N2O7. The lowest BCUT2D eigenvalue weighted by Gasteiger charge is -2.40. The number of aliphatic hydroxyl groups is 2. The highest BCUT2D eigenvalue weighted by molar-refractivity contribution is 5.78. The van der Waals surface area contributed by atoms with Gasteiger partial charge in [0.1, 0.15) is 24.2 Å². The molecule has 2 saturated heterocycles. The number of methoxy groups -OCH3 is 1. The number of amides is 1. The summed E-state index contributed by atoms with van der Waals surface area (Å²) < 4.78 is 16.5. The van der Waals surface area contributed by atoms with Crippen LogP contribution in [0.1, 0.15) is 44.1 Å². The monoisotopic (exact) mass is 554 g/mol. The lowest BCUT2D eigenvalue weighted by Crippen LogP contribution is -2.45. The summed E-state index contributed by atoms with van der Waals surface area (Å²) in [6.07, 6.45) is 1.32. The van der Waals surface area contributed by atoms with E-state index in [-0.39, 0.29) is 38.1 Å². The molecular weight excluding hydrogens is 512 g/mol. The Kier molecular flexibility index (Phi) is 10.8. The predicted molar refractivity (Wildman–Crippen MR) is 150 cm³/mol. The third-order valence-corrected chi connectivity index (χ3v) is 8.11. The largest absolute Gasteiger partial charge is 0.497 e. The first-order valence-corrected chi connectivity index (χ1v) is 14.2. The van der Waals surface area contributed by atoms with Crippen molar-refractivity contribution in [2.45, 2.75) is 57.3 Å². The molecule has 0 aromatic heterocycles. The standard InChI is InChI=1S/C31H42N2O7/c1-38-25-10-7-11-26(20-25)39-23-29(36)33-16-6-5-13-31(30(37)40-22-28(35)27(34)12-17-33)14-18-32(19-15-31)21-24-8-3-2-4-9-24/h2-4,7-11,20,27-28,34-35H,5-6,12-19,21-23H2,1H3/t27-,28+/m0/s1. The van der Waals surface area contributed by atoms with Crippen LogP contribution in [0.5, 0.6) is 11.5 Å². The molecule has 2 heterocycles. The first kappa shape index (κ1) is 29.8. The lowest BCUT2D eigenvalue weighted by molar-refractivity contribution is -0.165. The summed E-state index contributed by atoms with van der Waals surface area (Å²) in [5.41, 5.74) is 0.615. The molecule has 218 valence electrons. The van der Waals surface area contributed by atoms with Crippen molar-refractivity contribution >= 4 is 11.9 Å². The van der Waals surface area contributed by atoms with Crippen molar-refractivity contribution in [3.63, 3.8) is 0 Å². The first-order valence-electron chi connectivity index (χ1n) is 14.2. The van der Waals surface area contributed by atoms with Crippen LogP contribution in [0.3, 0.4) is 0 Å². The van der Waals surface area contributed by atoms with Gasteiger partial charge in [0.15, 0.2) is 6.61 Å². The van der Waals surface area contributed by atoms with Gasteiger partial charge in [0.2, 0.25) is 0 Å². The average Bonchev–Trinajstić information content (AvgIpc) is 2.99. The van der Waals surface area contributed by atoms with Crippen LogP contribution in [0.25, 0.3) is 0 Å². The normalized spacial score (nSPS) is 22.9. The minimum Gasteiger partial charge on any atom is -0.497 e. The highest BCUT2D eigenvalue weighted by atomic mass is 16.5. The molecule has 2 aromatic rings. The van der Waals surface area contributed by atoms with E-state index in [1.807, 2.05) is 18.2 Å². The number of hydrogen-bond donors (Lipinski definition) is 2. The van der Waals surface area contributed by atoms with E-state index in [2.05, 4.69) is 17.0 Å². The fourth-order valence-corrected chi connectivity index (χ4v) is 5.50. The zero-order chi connectivity index (χ0) is 28.4. The van der Waals surface area contributed by atoms with E-state index >= 15 is 0 Å². The van der Waals surface area contributed by atoms with Gasteiger partial charge in [0.05, 0.1) is 18.6 Å². The molecule has 2 fully saturated rings. The van der Waals surface area contributed by atoms with Crippen LogP contribution in [-0.4, -0.2) is 90.6 Å². The number of esters is 1. The Bertz CT molecular complexity index is 1090. The molecule has 2 aliphatic rings. The Balaban J connectivity index is 1.37. The number of aliphatic hydroxyl groups excluding tert-OH is 2. The molecule has 1 amide bonds. The summed E-state index contributed by atoms with van der Waals surface area (Å²) in [5, 5.41) is 21.0. The molecule has 9 nitrogen and oxygen atoms in total. The Labute approximate surface area is 236 Å². The predicted octanol–water partition coefficient (Wildman–Crippen LogP) is 3.02. The number of likely N-dealkylation sites (tertiary alicyclic amines) is 1. The molecule has 4 rings (SSSR count). The third kappa shape index (κ3) is 8.19. The number of benzene rings is 2. The molecule has 2 aromatic carbocycles. The topological polar surface area (TPSA) is 109 Å². The molecule has 1 spiro atoms. The van der Waals surface area contributed by atoms with Gasteiger partial charge in [-0.25, -0.2) is 0 Å². The van der Waals surface area contributed by atoms with Gasteiger partial charge in [-0.2, -0.15) is 0 Å². The molecule has 40 heavy (non-hydrogen) atoms. The number of rotatable bonds is 6. The van der Waals surface area contributed by atoms with Gasteiger partial charge >= 0.3 is 5.97 Å². The minimum absolute atomic E-state index is 0.144. The molecule has 0 unspecified atom stereocenters. The van der Waals surface area contributed by atoms with E-state index in [1.54, 1.807) is 36.3 Å². The van der Waals surface area contributed by atoms with E-state index in [0.29, 0.717) is 43.7 Å². The molecule has 2 N–H and O–H groups in total. The summed E-state index contributed by atoms with van der Waals surface area (Å²) in [7, 11) is 1.57. The second kappa shape index (κ2) is 14.5. The van der Waals surface area contributed by atoms with Crippen LogP contribution in [0.15, 0.2) is 54.6 Å². The maximum Gasteiger partial charge on any atom is 0.312 e. The van der Waals surface area contributed by atoms with Crippen LogP contribution in [0.2, 0.25) is 0 Å². The summed E-state index contributed by atoms with van der Waals surface area (Å²) in [6, 6.07) is 17.4. The Morgan fingerprint density at radius 1 is 0.950 bits per heavy atom. The van der Waals surface area contributed by atoms with Gasteiger partial charge in [0.25, 0.3) is 5.91 Å². The molecule has 9 heteroatoms. The average molecular weight is 555 g/mol. The smallest absolute Gasteiger partial charge is 0.312 e. The summed E-state index contributed by atoms with van der Waals surface area (Å²) in [4.78, 5) is 30.4. The van der Waals surface area contributed by atoms with Crippen molar-refractivity contribution in [1.29, 1.82) is 0 Å². The van der Waals surface area contributed by atoms with Gasteiger partial charge in [0, 0.05) is 25.7 Å². The van der Waals surface area contributed by atoms with Crippen molar-refractivity contribution < 1.29 is 34.0 Å². The van der Waals surface area contributed by atoms with E-state index in [0.717, 1.165) is 26.1 Å². The number of hydrogen-bond acceptors (Lipinski definition) is 8.